The van der Waals surface area contributed by atoms with Gasteiger partial charge in [0, 0.05) is 12.1 Å². The summed E-state index contributed by atoms with van der Waals surface area (Å²) >= 11 is 0. The Balaban J connectivity index is 1.52. The van der Waals surface area contributed by atoms with Crippen LogP contribution >= 0.6 is 0 Å². The number of hydrogen-bond acceptors (Lipinski definition) is 3. The lowest BCUT2D eigenvalue weighted by atomic mass is 9.84. The summed E-state index contributed by atoms with van der Waals surface area (Å²) in [5, 5.41) is 13.0. The molecule has 3 fully saturated rings. The Kier molecular flexibility index (Phi) is 5.32. The molecule has 0 aromatic rings. The van der Waals surface area contributed by atoms with E-state index in [9.17, 15) is 9.90 Å². The van der Waals surface area contributed by atoms with Crippen molar-refractivity contribution < 1.29 is 9.90 Å². The molecule has 3 rings (SSSR count). The lowest BCUT2D eigenvalue weighted by Crippen LogP contribution is -2.51. The molecule has 2 saturated carbocycles. The number of likely N-dealkylation sites (tertiary alicyclic amines) is 1. The van der Waals surface area contributed by atoms with Gasteiger partial charge in [-0.1, -0.05) is 6.42 Å². The van der Waals surface area contributed by atoms with E-state index >= 15 is 0 Å². The molecule has 4 nitrogen and oxygen atoms in total. The maximum absolute atomic E-state index is 12.7. The van der Waals surface area contributed by atoms with Crippen molar-refractivity contribution >= 4 is 5.91 Å². The Bertz CT molecular complexity index is 426. The molecule has 132 valence electrons. The molecule has 0 aromatic heterocycles. The van der Waals surface area contributed by atoms with Crippen LogP contribution in [0.3, 0.4) is 0 Å². The highest BCUT2D eigenvalue weighted by Gasteiger charge is 2.42. The summed E-state index contributed by atoms with van der Waals surface area (Å²) in [7, 11) is 0. The highest BCUT2D eigenvalue weighted by molar-refractivity contribution is 5.81. The molecule has 1 amide bonds. The van der Waals surface area contributed by atoms with Crippen LogP contribution in [0.25, 0.3) is 0 Å². The third-order valence-corrected chi connectivity index (χ3v) is 6.72. The van der Waals surface area contributed by atoms with Crippen molar-refractivity contribution in [3.63, 3.8) is 0 Å². The van der Waals surface area contributed by atoms with Crippen LogP contribution in [-0.4, -0.2) is 46.7 Å². The first kappa shape index (κ1) is 17.2. The van der Waals surface area contributed by atoms with E-state index in [4.69, 9.17) is 0 Å². The van der Waals surface area contributed by atoms with Crippen LogP contribution in [0.1, 0.15) is 65.7 Å². The summed E-state index contributed by atoms with van der Waals surface area (Å²) in [6, 6.07) is 0.578. The largest absolute Gasteiger partial charge is 0.393 e. The molecule has 0 radical (unpaired) electrons. The van der Waals surface area contributed by atoms with Crippen LogP contribution in [0.4, 0.5) is 0 Å². The molecule has 7 atom stereocenters. The molecule has 7 unspecified atom stereocenters. The summed E-state index contributed by atoms with van der Waals surface area (Å²) in [6.07, 6.45) is 8.21. The quantitative estimate of drug-likeness (QED) is 0.790. The van der Waals surface area contributed by atoms with Gasteiger partial charge in [0.1, 0.15) is 0 Å². The van der Waals surface area contributed by atoms with Gasteiger partial charge in [-0.2, -0.15) is 0 Å². The number of aliphatic hydroxyl groups is 1. The zero-order chi connectivity index (χ0) is 16.6. The average Bonchev–Trinajstić information content (AvgIpc) is 3.21. The number of carbonyl (C=O) groups is 1. The van der Waals surface area contributed by atoms with Gasteiger partial charge in [-0.15, -0.1) is 0 Å². The topological polar surface area (TPSA) is 52.6 Å². The fraction of sp³-hybridized carbons (Fsp3) is 0.947. The molecule has 1 aliphatic heterocycles. The van der Waals surface area contributed by atoms with Crippen molar-refractivity contribution in [3.05, 3.63) is 0 Å². The number of hydrogen-bond donors (Lipinski definition) is 2. The highest BCUT2D eigenvalue weighted by atomic mass is 16.3. The lowest BCUT2D eigenvalue weighted by Gasteiger charge is -2.33. The molecule has 0 spiro atoms. The number of aliphatic hydroxyl groups excluding tert-OH is 1. The molecule has 2 N–H and O–H groups in total. The van der Waals surface area contributed by atoms with Crippen molar-refractivity contribution in [3.8, 4) is 0 Å². The van der Waals surface area contributed by atoms with Gasteiger partial charge in [-0.25, -0.2) is 0 Å². The highest BCUT2D eigenvalue weighted by Crippen LogP contribution is 2.49. The van der Waals surface area contributed by atoms with Gasteiger partial charge in [-0.3, -0.25) is 9.69 Å². The standard InChI is InChI=1S/C19H34N2O2/c1-12(22)9-17-5-4-8-21(17)14(3)19(23)20-13(2)18-11-15-6-7-16(18)10-15/h12-18,22H,4-11H2,1-3H3,(H,20,23). The summed E-state index contributed by atoms with van der Waals surface area (Å²) in [5.74, 6) is 2.64. The van der Waals surface area contributed by atoms with E-state index in [0.717, 1.165) is 37.6 Å². The SMILES string of the molecule is CC(O)CC1CCCN1C(C)C(=O)NC(C)C1CC2CCC1C2. The molecular formula is C19H34N2O2. The zero-order valence-electron chi connectivity index (χ0n) is 15.0. The Morgan fingerprint density at radius 1 is 1.22 bits per heavy atom. The van der Waals surface area contributed by atoms with Crippen LogP contribution in [0.15, 0.2) is 0 Å². The maximum Gasteiger partial charge on any atom is 0.237 e. The minimum atomic E-state index is -0.288. The number of fused-ring (bicyclic) bond motifs is 2. The predicted molar refractivity (Wildman–Crippen MR) is 92.0 cm³/mol. The maximum atomic E-state index is 12.7. The van der Waals surface area contributed by atoms with Gasteiger partial charge in [0.2, 0.25) is 5.91 Å². The average molecular weight is 322 g/mol. The van der Waals surface area contributed by atoms with Crippen LogP contribution in [0, 0.1) is 17.8 Å². The third-order valence-electron chi connectivity index (χ3n) is 6.72. The van der Waals surface area contributed by atoms with E-state index in [0.29, 0.717) is 18.0 Å². The molecule has 2 bridgehead atoms. The van der Waals surface area contributed by atoms with Gasteiger partial charge in [0.25, 0.3) is 0 Å². The van der Waals surface area contributed by atoms with Gasteiger partial charge in [0.05, 0.1) is 12.1 Å². The molecule has 1 saturated heterocycles. The summed E-state index contributed by atoms with van der Waals surface area (Å²) in [6.45, 7) is 7.06. The number of amides is 1. The Morgan fingerprint density at radius 3 is 2.61 bits per heavy atom. The smallest absolute Gasteiger partial charge is 0.237 e. The van der Waals surface area contributed by atoms with Crippen LogP contribution < -0.4 is 5.32 Å². The summed E-state index contributed by atoms with van der Waals surface area (Å²) in [5.41, 5.74) is 0. The van der Waals surface area contributed by atoms with E-state index in [-0.39, 0.29) is 18.1 Å². The van der Waals surface area contributed by atoms with Gasteiger partial charge in [-0.05, 0) is 83.6 Å². The fourth-order valence-electron chi connectivity index (χ4n) is 5.52. The van der Waals surface area contributed by atoms with E-state index in [1.807, 2.05) is 13.8 Å². The van der Waals surface area contributed by atoms with Crippen LogP contribution in [-0.2, 0) is 4.79 Å². The second-order valence-electron chi connectivity index (χ2n) is 8.43. The second kappa shape index (κ2) is 7.10. The van der Waals surface area contributed by atoms with E-state index in [1.165, 1.54) is 25.7 Å². The van der Waals surface area contributed by atoms with Gasteiger partial charge < -0.3 is 10.4 Å². The van der Waals surface area contributed by atoms with Gasteiger partial charge >= 0.3 is 0 Å². The van der Waals surface area contributed by atoms with Crippen LogP contribution in [0.2, 0.25) is 0 Å². The van der Waals surface area contributed by atoms with Crippen molar-refractivity contribution in [2.75, 3.05) is 6.54 Å². The van der Waals surface area contributed by atoms with Crippen molar-refractivity contribution in [2.45, 2.75) is 89.9 Å². The van der Waals surface area contributed by atoms with Crippen molar-refractivity contribution in [2.24, 2.45) is 17.8 Å². The summed E-state index contributed by atoms with van der Waals surface area (Å²) < 4.78 is 0. The molecule has 0 aromatic carbocycles. The number of rotatable bonds is 6. The van der Waals surface area contributed by atoms with E-state index in [2.05, 4.69) is 17.1 Å². The molecule has 23 heavy (non-hydrogen) atoms. The monoisotopic (exact) mass is 322 g/mol. The fourth-order valence-corrected chi connectivity index (χ4v) is 5.52. The molecular weight excluding hydrogens is 288 g/mol. The minimum Gasteiger partial charge on any atom is -0.393 e. The predicted octanol–water partition coefficient (Wildman–Crippen LogP) is 2.55. The van der Waals surface area contributed by atoms with E-state index in [1.54, 1.807) is 0 Å². The third kappa shape index (κ3) is 3.74. The first-order valence-corrected chi connectivity index (χ1v) is 9.70. The summed E-state index contributed by atoms with van der Waals surface area (Å²) in [4.78, 5) is 15.0. The molecule has 4 heteroatoms. The van der Waals surface area contributed by atoms with Crippen molar-refractivity contribution in [1.82, 2.24) is 10.2 Å². The minimum absolute atomic E-state index is 0.0812. The first-order chi connectivity index (χ1) is 11.0. The zero-order valence-corrected chi connectivity index (χ0v) is 15.0. The van der Waals surface area contributed by atoms with E-state index < -0.39 is 0 Å². The molecule has 3 aliphatic rings. The number of nitrogens with one attached hydrogen (secondary N) is 1. The Hall–Kier alpha value is -0.610. The Morgan fingerprint density at radius 2 is 2.00 bits per heavy atom. The van der Waals surface area contributed by atoms with Gasteiger partial charge in [0.15, 0.2) is 0 Å². The lowest BCUT2D eigenvalue weighted by molar-refractivity contribution is -0.127. The number of carbonyl (C=O) groups excluding carboxylic acids is 1. The van der Waals surface area contributed by atoms with Crippen molar-refractivity contribution in [1.29, 1.82) is 0 Å². The Labute approximate surface area is 141 Å². The second-order valence-corrected chi connectivity index (χ2v) is 8.43. The normalized spacial score (nSPS) is 37.7. The van der Waals surface area contributed by atoms with Crippen LogP contribution in [0.5, 0.6) is 0 Å². The number of nitrogens with zero attached hydrogens (tertiary/aromatic N) is 1. The molecule has 2 aliphatic carbocycles. The molecule has 1 heterocycles. The first-order valence-electron chi connectivity index (χ1n) is 9.70.